The monoisotopic (exact) mass is 186 g/mol. The lowest BCUT2D eigenvalue weighted by Gasteiger charge is -1.97. The molecule has 0 radical (unpaired) electrons. The van der Waals surface area contributed by atoms with Crippen molar-refractivity contribution in [2.45, 2.75) is 0 Å². The van der Waals surface area contributed by atoms with Crippen molar-refractivity contribution in [1.29, 1.82) is 0 Å². The topological polar surface area (TPSA) is 89.1 Å². The maximum atomic E-state index is 10.8. The van der Waals surface area contributed by atoms with Crippen LogP contribution in [-0.2, 0) is 4.74 Å². The van der Waals surface area contributed by atoms with E-state index in [9.17, 15) is 4.79 Å². The second kappa shape index (κ2) is 3.97. The average Bonchev–Trinajstić information content (AvgIpc) is 2.50. The van der Waals surface area contributed by atoms with Crippen LogP contribution < -0.4 is 4.65 Å². The van der Waals surface area contributed by atoms with Gasteiger partial charge in [-0.3, -0.25) is 0 Å². The summed E-state index contributed by atoms with van der Waals surface area (Å²) in [5.41, 5.74) is 0. The molecular weight excluding hydrogens is 179 g/mol. The van der Waals surface area contributed by atoms with Crippen molar-refractivity contribution < 1.29 is 28.7 Å². The maximum absolute atomic E-state index is 10.8. The Hall–Kier alpha value is -1.47. The van der Waals surface area contributed by atoms with E-state index in [0.29, 0.717) is 0 Å². The van der Waals surface area contributed by atoms with Crippen LogP contribution in [0.3, 0.4) is 0 Å². The van der Waals surface area contributed by atoms with Gasteiger partial charge in [0.1, 0.15) is 12.0 Å². The van der Waals surface area contributed by atoms with Crippen LogP contribution in [0.25, 0.3) is 0 Å². The first kappa shape index (κ1) is 9.62. The lowest BCUT2D eigenvalue weighted by atomic mass is 10.2. The minimum Gasteiger partial charge on any atom is -0.509 e. The van der Waals surface area contributed by atoms with Crippen molar-refractivity contribution in [2.24, 2.45) is 0 Å². The minimum atomic E-state index is -1.94. The number of carbonyl (C=O) groups is 1. The highest BCUT2D eigenvalue weighted by Gasteiger charge is 2.16. The van der Waals surface area contributed by atoms with Gasteiger partial charge in [-0.1, -0.05) is 0 Å². The van der Waals surface area contributed by atoms with E-state index in [2.05, 4.69) is 9.39 Å². The molecule has 0 spiro atoms. The van der Waals surface area contributed by atoms with Crippen LogP contribution in [0.15, 0.2) is 16.7 Å². The molecule has 0 aliphatic carbocycles. The molecule has 6 nitrogen and oxygen atoms in total. The summed E-state index contributed by atoms with van der Waals surface area (Å²) in [6, 6.07) is 1.19. The number of esters is 1. The Morgan fingerprint density at radius 2 is 2.31 bits per heavy atom. The lowest BCUT2D eigenvalue weighted by molar-refractivity contribution is 0.0565. The molecule has 0 unspecified atom stereocenters. The van der Waals surface area contributed by atoms with Crippen molar-refractivity contribution in [3.63, 3.8) is 0 Å². The molecule has 0 amide bonds. The summed E-state index contributed by atoms with van der Waals surface area (Å²) in [6.45, 7) is 0. The Morgan fingerprint density at radius 3 is 2.85 bits per heavy atom. The molecule has 0 saturated heterocycles. The Bertz CT molecular complexity index is 293. The third-order valence-corrected chi connectivity index (χ3v) is 1.20. The molecular formula is C6H7BO6. The maximum Gasteiger partial charge on any atom is 0.707 e. The molecule has 0 atom stereocenters. The molecule has 7 heteroatoms. The Morgan fingerprint density at radius 1 is 1.62 bits per heavy atom. The second-order valence-electron chi connectivity index (χ2n) is 2.08. The normalized spacial score (nSPS) is 9.46. The van der Waals surface area contributed by atoms with Gasteiger partial charge in [0.25, 0.3) is 0 Å². The zero-order chi connectivity index (χ0) is 9.84. The summed E-state index contributed by atoms with van der Waals surface area (Å²) in [4.78, 5) is 10.8. The fourth-order valence-corrected chi connectivity index (χ4v) is 0.710. The predicted molar refractivity (Wildman–Crippen MR) is 40.9 cm³/mol. The molecule has 1 aromatic rings. The van der Waals surface area contributed by atoms with E-state index < -0.39 is 13.3 Å². The fraction of sp³-hybridized carbons (Fsp3) is 0.167. The van der Waals surface area contributed by atoms with Crippen molar-refractivity contribution in [3.8, 4) is 5.75 Å². The van der Waals surface area contributed by atoms with Gasteiger partial charge in [-0.05, 0) is 0 Å². The second-order valence-corrected chi connectivity index (χ2v) is 2.08. The highest BCUT2D eigenvalue weighted by atomic mass is 16.6. The van der Waals surface area contributed by atoms with Crippen molar-refractivity contribution in [2.75, 3.05) is 7.11 Å². The number of ether oxygens (including phenoxy) is 1. The molecule has 70 valence electrons. The predicted octanol–water partition coefficient (Wildman–Crippen LogP) is -0.586. The molecule has 13 heavy (non-hydrogen) atoms. The van der Waals surface area contributed by atoms with Crippen LogP contribution >= 0.6 is 0 Å². The van der Waals surface area contributed by atoms with Gasteiger partial charge in [-0.15, -0.1) is 0 Å². The van der Waals surface area contributed by atoms with E-state index in [4.69, 9.17) is 14.5 Å². The molecule has 0 aliphatic rings. The van der Waals surface area contributed by atoms with Crippen LogP contribution in [-0.4, -0.2) is 30.4 Å². The fourth-order valence-electron chi connectivity index (χ4n) is 0.710. The number of hydrogen-bond acceptors (Lipinski definition) is 6. The third-order valence-electron chi connectivity index (χ3n) is 1.20. The zero-order valence-electron chi connectivity index (χ0n) is 6.76. The van der Waals surface area contributed by atoms with E-state index >= 15 is 0 Å². The quantitative estimate of drug-likeness (QED) is 0.484. The SMILES string of the molecule is COC(=O)c1cc(OB(O)O)co1. The van der Waals surface area contributed by atoms with Gasteiger partial charge in [0, 0.05) is 6.07 Å². The first-order valence-corrected chi connectivity index (χ1v) is 3.33. The summed E-state index contributed by atoms with van der Waals surface area (Å²) >= 11 is 0. The van der Waals surface area contributed by atoms with Gasteiger partial charge in [-0.2, -0.15) is 0 Å². The number of furan rings is 1. The average molecular weight is 186 g/mol. The highest BCUT2D eigenvalue weighted by molar-refractivity contribution is 6.33. The Balaban J connectivity index is 2.69. The Labute approximate surface area is 73.9 Å². The van der Waals surface area contributed by atoms with E-state index in [1.807, 2.05) is 0 Å². The summed E-state index contributed by atoms with van der Waals surface area (Å²) < 4.78 is 13.4. The lowest BCUT2D eigenvalue weighted by Crippen LogP contribution is -2.20. The molecule has 1 heterocycles. The highest BCUT2D eigenvalue weighted by Crippen LogP contribution is 2.16. The summed E-state index contributed by atoms with van der Waals surface area (Å²) in [5, 5.41) is 16.8. The van der Waals surface area contributed by atoms with Gasteiger partial charge < -0.3 is 23.9 Å². The van der Waals surface area contributed by atoms with Gasteiger partial charge in [0.05, 0.1) is 7.11 Å². The van der Waals surface area contributed by atoms with Crippen LogP contribution in [0.2, 0.25) is 0 Å². The van der Waals surface area contributed by atoms with E-state index in [0.717, 1.165) is 6.26 Å². The molecule has 0 aliphatic heterocycles. The van der Waals surface area contributed by atoms with Crippen molar-refractivity contribution in [3.05, 3.63) is 18.1 Å². The van der Waals surface area contributed by atoms with Crippen LogP contribution in [0.1, 0.15) is 10.6 Å². The minimum absolute atomic E-state index is 0.0374. The molecule has 2 N–H and O–H groups in total. The van der Waals surface area contributed by atoms with Crippen LogP contribution in [0.5, 0.6) is 5.75 Å². The van der Waals surface area contributed by atoms with Crippen LogP contribution in [0, 0.1) is 0 Å². The van der Waals surface area contributed by atoms with Crippen molar-refractivity contribution >= 4 is 13.3 Å². The number of rotatable bonds is 3. The van der Waals surface area contributed by atoms with Gasteiger partial charge >= 0.3 is 13.3 Å². The Kier molecular flexibility index (Phi) is 2.94. The zero-order valence-corrected chi connectivity index (χ0v) is 6.76. The van der Waals surface area contributed by atoms with E-state index in [-0.39, 0.29) is 11.5 Å². The summed E-state index contributed by atoms with van der Waals surface area (Å²) in [5.74, 6) is -0.698. The summed E-state index contributed by atoms with van der Waals surface area (Å²) in [6.07, 6.45) is 1.06. The van der Waals surface area contributed by atoms with Crippen LogP contribution in [0.4, 0.5) is 0 Å². The van der Waals surface area contributed by atoms with Gasteiger partial charge in [0.15, 0.2) is 0 Å². The van der Waals surface area contributed by atoms with Gasteiger partial charge in [-0.25, -0.2) is 4.79 Å². The number of hydrogen-bond donors (Lipinski definition) is 2. The van der Waals surface area contributed by atoms with Crippen molar-refractivity contribution in [1.82, 2.24) is 0 Å². The first-order chi connectivity index (χ1) is 6.13. The van der Waals surface area contributed by atoms with Gasteiger partial charge in [0.2, 0.25) is 5.76 Å². The smallest absolute Gasteiger partial charge is 0.509 e. The largest absolute Gasteiger partial charge is 0.707 e. The molecule has 0 fully saturated rings. The molecule has 0 bridgehead atoms. The number of carbonyl (C=O) groups excluding carboxylic acids is 1. The van der Waals surface area contributed by atoms with E-state index in [1.165, 1.54) is 13.2 Å². The van der Waals surface area contributed by atoms with E-state index in [1.54, 1.807) is 0 Å². The first-order valence-electron chi connectivity index (χ1n) is 3.33. The molecule has 1 rings (SSSR count). The molecule has 0 saturated carbocycles. The number of methoxy groups -OCH3 is 1. The third kappa shape index (κ3) is 2.50. The summed E-state index contributed by atoms with van der Waals surface area (Å²) in [7, 11) is -0.741. The standard InChI is InChI=1S/C6H7BO6/c1-11-6(8)5-2-4(3-12-5)13-7(9)10/h2-3,9-10H,1H3. The molecule has 0 aromatic carbocycles. The molecule has 1 aromatic heterocycles.